The Morgan fingerprint density at radius 3 is 2.42 bits per heavy atom. The van der Waals surface area contributed by atoms with Gasteiger partial charge in [-0.05, 0) is 36.1 Å². The summed E-state index contributed by atoms with van der Waals surface area (Å²) in [5.41, 5.74) is 7.54. The van der Waals surface area contributed by atoms with Crippen LogP contribution in [0.15, 0.2) is 69.8 Å². The topological polar surface area (TPSA) is 98.7 Å². The molecule has 154 valence electrons. The third kappa shape index (κ3) is 2.58. The van der Waals surface area contributed by atoms with Crippen LogP contribution in [0.4, 0.5) is 0 Å². The van der Waals surface area contributed by atoms with Crippen molar-refractivity contribution >= 4 is 27.5 Å². The largest absolute Gasteiger partial charge is 0.383 e. The Morgan fingerprint density at radius 2 is 1.71 bits per heavy atom. The molecule has 31 heavy (non-hydrogen) atoms. The van der Waals surface area contributed by atoms with E-state index in [9.17, 15) is 14.9 Å². The van der Waals surface area contributed by atoms with Crippen molar-refractivity contribution in [3.05, 3.63) is 86.6 Å². The summed E-state index contributed by atoms with van der Waals surface area (Å²) in [6, 6.07) is 18.0. The molecule has 2 aromatic carbocycles. The fourth-order valence-corrected chi connectivity index (χ4v) is 4.53. The molecule has 0 fully saturated rings. The summed E-state index contributed by atoms with van der Waals surface area (Å²) >= 11 is 0. The van der Waals surface area contributed by atoms with Crippen LogP contribution in [0.2, 0.25) is 0 Å². The normalized spacial score (nSPS) is 15.5. The van der Waals surface area contributed by atoms with Crippen LogP contribution in [0.3, 0.4) is 0 Å². The first-order chi connectivity index (χ1) is 15.1. The van der Waals surface area contributed by atoms with E-state index in [1.54, 1.807) is 24.3 Å². The molecule has 0 bridgehead atoms. The lowest BCUT2D eigenvalue weighted by Crippen LogP contribution is -2.38. The maximum atomic E-state index is 13.5. The number of aromatic nitrogens is 3. The van der Waals surface area contributed by atoms with E-state index < -0.39 is 11.6 Å². The molecule has 1 aliphatic rings. The van der Waals surface area contributed by atoms with Gasteiger partial charge < -0.3 is 10.3 Å². The Labute approximate surface area is 177 Å². The SMILES string of the molecule is CCCCn1c(C2C(C#N)=C(N)n3c(=O)c4ccccc4c(=O)n32)cc2ccccc21. The van der Waals surface area contributed by atoms with Crippen molar-refractivity contribution in [1.82, 2.24) is 13.9 Å². The molecule has 7 heteroatoms. The number of allylic oxidation sites excluding steroid dienone is 1. The summed E-state index contributed by atoms with van der Waals surface area (Å²) in [4.78, 5) is 26.7. The number of nitriles is 1. The van der Waals surface area contributed by atoms with Crippen molar-refractivity contribution in [3.63, 3.8) is 0 Å². The molecule has 2 N–H and O–H groups in total. The first-order valence-electron chi connectivity index (χ1n) is 10.3. The smallest absolute Gasteiger partial charge is 0.279 e. The van der Waals surface area contributed by atoms with Crippen LogP contribution in [0.1, 0.15) is 31.5 Å². The zero-order valence-electron chi connectivity index (χ0n) is 17.1. The lowest BCUT2D eigenvalue weighted by molar-refractivity contribution is 0.504. The Morgan fingerprint density at radius 1 is 1.03 bits per heavy atom. The molecular weight excluding hydrogens is 390 g/mol. The Balaban J connectivity index is 1.89. The number of nitrogens with two attached hydrogens (primary N) is 1. The number of nitrogens with zero attached hydrogens (tertiary/aromatic N) is 4. The van der Waals surface area contributed by atoms with Crippen molar-refractivity contribution < 1.29 is 0 Å². The third-order valence-electron chi connectivity index (χ3n) is 6.00. The highest BCUT2D eigenvalue weighted by atomic mass is 16.2. The molecule has 1 unspecified atom stereocenters. The molecule has 2 aromatic heterocycles. The van der Waals surface area contributed by atoms with Crippen LogP contribution in [-0.4, -0.2) is 13.9 Å². The molecule has 4 aromatic rings. The van der Waals surface area contributed by atoms with E-state index in [4.69, 9.17) is 5.73 Å². The van der Waals surface area contributed by atoms with Gasteiger partial charge in [-0.15, -0.1) is 0 Å². The van der Waals surface area contributed by atoms with Gasteiger partial charge in [0, 0.05) is 17.8 Å². The van der Waals surface area contributed by atoms with Gasteiger partial charge in [0.2, 0.25) is 0 Å². The highest BCUT2D eigenvalue weighted by Crippen LogP contribution is 2.35. The van der Waals surface area contributed by atoms with Gasteiger partial charge in [-0.2, -0.15) is 9.94 Å². The summed E-state index contributed by atoms with van der Waals surface area (Å²) in [6.45, 7) is 2.85. The summed E-state index contributed by atoms with van der Waals surface area (Å²) in [5.74, 6) is 0.00708. The second-order valence-electron chi connectivity index (χ2n) is 7.76. The van der Waals surface area contributed by atoms with Crippen LogP contribution in [-0.2, 0) is 6.54 Å². The second kappa shape index (κ2) is 7.03. The van der Waals surface area contributed by atoms with Gasteiger partial charge in [0.05, 0.1) is 10.8 Å². The molecule has 0 saturated heterocycles. The summed E-state index contributed by atoms with van der Waals surface area (Å²) in [7, 11) is 0. The van der Waals surface area contributed by atoms with E-state index in [1.165, 1.54) is 4.68 Å². The number of para-hydroxylation sites is 1. The molecule has 1 aliphatic heterocycles. The van der Waals surface area contributed by atoms with Gasteiger partial charge in [-0.3, -0.25) is 9.59 Å². The zero-order chi connectivity index (χ0) is 21.7. The van der Waals surface area contributed by atoms with E-state index in [2.05, 4.69) is 17.6 Å². The predicted octanol–water partition coefficient (Wildman–Crippen LogP) is 3.17. The quantitative estimate of drug-likeness (QED) is 0.558. The zero-order valence-corrected chi connectivity index (χ0v) is 17.1. The number of hydrogen-bond acceptors (Lipinski definition) is 4. The fraction of sp³-hybridized carbons (Fsp3) is 0.208. The minimum absolute atomic E-state index is 0.00708. The number of aryl methyl sites for hydroxylation is 1. The number of rotatable bonds is 4. The summed E-state index contributed by atoms with van der Waals surface area (Å²) in [5, 5.41) is 11.6. The van der Waals surface area contributed by atoms with Gasteiger partial charge in [-0.25, -0.2) is 4.68 Å². The standard InChI is InChI=1S/C24H21N5O2/c1-2-3-12-27-19-11-7-4-8-15(19)13-20(27)21-18(14-25)22(26)29-24(31)17-10-6-5-9-16(17)23(30)28(21)29/h4-11,13,21H,2-3,12,26H2,1H3. The lowest BCUT2D eigenvalue weighted by atomic mass is 10.1. The van der Waals surface area contributed by atoms with Gasteiger partial charge in [-0.1, -0.05) is 43.7 Å². The van der Waals surface area contributed by atoms with Crippen molar-refractivity contribution in [2.75, 3.05) is 0 Å². The van der Waals surface area contributed by atoms with Gasteiger partial charge in [0.1, 0.15) is 23.5 Å². The molecule has 0 aliphatic carbocycles. The second-order valence-corrected chi connectivity index (χ2v) is 7.76. The third-order valence-corrected chi connectivity index (χ3v) is 6.00. The van der Waals surface area contributed by atoms with Crippen molar-refractivity contribution in [2.24, 2.45) is 5.73 Å². The Bertz CT molecular complexity index is 1540. The van der Waals surface area contributed by atoms with E-state index in [0.29, 0.717) is 5.39 Å². The van der Waals surface area contributed by atoms with Crippen molar-refractivity contribution in [1.29, 1.82) is 5.26 Å². The minimum Gasteiger partial charge on any atom is -0.383 e. The van der Waals surface area contributed by atoms with Crippen molar-refractivity contribution in [3.8, 4) is 6.07 Å². The molecule has 5 rings (SSSR count). The number of unbranched alkanes of at least 4 members (excludes halogenated alkanes) is 1. The van der Waals surface area contributed by atoms with E-state index in [0.717, 1.165) is 40.7 Å². The first kappa shape index (κ1) is 18.9. The van der Waals surface area contributed by atoms with Crippen LogP contribution in [0.5, 0.6) is 0 Å². The monoisotopic (exact) mass is 411 g/mol. The molecule has 7 nitrogen and oxygen atoms in total. The first-order valence-corrected chi connectivity index (χ1v) is 10.3. The van der Waals surface area contributed by atoms with Gasteiger partial charge in [0.25, 0.3) is 11.1 Å². The van der Waals surface area contributed by atoms with Crippen LogP contribution in [0.25, 0.3) is 27.5 Å². The minimum atomic E-state index is -0.765. The number of benzene rings is 2. The number of hydrogen-bond donors (Lipinski definition) is 1. The number of fused-ring (bicyclic) bond motifs is 3. The highest BCUT2D eigenvalue weighted by molar-refractivity contribution is 5.84. The molecule has 0 spiro atoms. The predicted molar refractivity (Wildman–Crippen MR) is 120 cm³/mol. The Kier molecular flexibility index (Phi) is 4.29. The maximum absolute atomic E-state index is 13.5. The van der Waals surface area contributed by atoms with E-state index in [1.807, 2.05) is 30.3 Å². The Hall–Kier alpha value is -4.05. The maximum Gasteiger partial charge on any atom is 0.279 e. The average Bonchev–Trinajstić information content (AvgIpc) is 3.30. The summed E-state index contributed by atoms with van der Waals surface area (Å²) < 4.78 is 4.64. The highest BCUT2D eigenvalue weighted by Gasteiger charge is 2.36. The van der Waals surface area contributed by atoms with Gasteiger partial charge in [0.15, 0.2) is 0 Å². The molecule has 0 amide bonds. The molecular formula is C24H21N5O2. The van der Waals surface area contributed by atoms with Crippen LogP contribution >= 0.6 is 0 Å². The van der Waals surface area contributed by atoms with Crippen LogP contribution in [0, 0.1) is 11.3 Å². The summed E-state index contributed by atoms with van der Waals surface area (Å²) in [6.07, 6.45) is 1.94. The lowest BCUT2D eigenvalue weighted by Gasteiger charge is -2.19. The molecule has 1 atom stereocenters. The van der Waals surface area contributed by atoms with E-state index in [-0.39, 0.29) is 22.3 Å². The van der Waals surface area contributed by atoms with Gasteiger partial charge >= 0.3 is 0 Å². The van der Waals surface area contributed by atoms with Crippen molar-refractivity contribution in [2.45, 2.75) is 32.4 Å². The fourth-order valence-electron chi connectivity index (χ4n) is 4.53. The molecule has 3 heterocycles. The molecule has 0 saturated carbocycles. The average molecular weight is 411 g/mol. The molecule has 0 radical (unpaired) electrons. The van der Waals surface area contributed by atoms with E-state index >= 15 is 0 Å². The van der Waals surface area contributed by atoms with Crippen LogP contribution < -0.4 is 16.9 Å².